The average molecular weight is 468 g/mol. The molecule has 1 aromatic carbocycles. The van der Waals surface area contributed by atoms with Crippen molar-refractivity contribution < 1.29 is 14.3 Å². The van der Waals surface area contributed by atoms with Gasteiger partial charge in [-0.1, -0.05) is 29.3 Å². The van der Waals surface area contributed by atoms with Gasteiger partial charge in [0.25, 0.3) is 0 Å². The number of halogens is 2. The van der Waals surface area contributed by atoms with Gasteiger partial charge in [-0.15, -0.1) is 0 Å². The van der Waals surface area contributed by atoms with Gasteiger partial charge in [-0.2, -0.15) is 0 Å². The van der Waals surface area contributed by atoms with Crippen LogP contribution in [-0.2, 0) is 14.3 Å². The second kappa shape index (κ2) is 11.9. The predicted octanol–water partition coefficient (Wildman–Crippen LogP) is 3.57. The molecule has 0 saturated carbocycles. The molecule has 2 heterocycles. The van der Waals surface area contributed by atoms with Gasteiger partial charge in [0.2, 0.25) is 11.8 Å². The molecule has 31 heavy (non-hydrogen) atoms. The maximum Gasteiger partial charge on any atom is 0.246 e. The maximum atomic E-state index is 12.6. The number of amides is 2. The fourth-order valence-electron chi connectivity index (χ4n) is 4.03. The lowest BCUT2D eigenvalue weighted by Crippen LogP contribution is -2.39. The first-order valence-electron chi connectivity index (χ1n) is 10.9. The van der Waals surface area contributed by atoms with Crippen molar-refractivity contribution in [2.45, 2.75) is 31.7 Å². The van der Waals surface area contributed by atoms with Crippen LogP contribution in [-0.4, -0.2) is 85.5 Å². The van der Waals surface area contributed by atoms with Crippen LogP contribution in [0.15, 0.2) is 24.3 Å². The lowest BCUT2D eigenvalue weighted by atomic mass is 10.1. The van der Waals surface area contributed by atoms with E-state index in [9.17, 15) is 9.59 Å². The Morgan fingerprint density at radius 1 is 1.19 bits per heavy atom. The van der Waals surface area contributed by atoms with Gasteiger partial charge in [-0.3, -0.25) is 9.59 Å². The number of hydrogen-bond donors (Lipinski definition) is 0. The van der Waals surface area contributed by atoms with Gasteiger partial charge >= 0.3 is 0 Å². The van der Waals surface area contributed by atoms with Crippen LogP contribution in [0.3, 0.4) is 0 Å². The molecule has 2 aliphatic heterocycles. The Hall–Kier alpha value is -1.60. The molecule has 0 bridgehead atoms. The Balaban J connectivity index is 1.45. The number of benzene rings is 1. The van der Waals surface area contributed by atoms with Crippen LogP contribution < -0.4 is 0 Å². The minimum Gasteiger partial charge on any atom is -0.381 e. The third-order valence-corrected chi connectivity index (χ3v) is 6.75. The Bertz CT molecular complexity index is 796. The van der Waals surface area contributed by atoms with Crippen molar-refractivity contribution in [2.75, 3.05) is 53.0 Å². The van der Waals surface area contributed by atoms with E-state index < -0.39 is 0 Å². The van der Waals surface area contributed by atoms with E-state index in [4.69, 9.17) is 27.9 Å². The topological polar surface area (TPSA) is 53.1 Å². The van der Waals surface area contributed by atoms with Crippen molar-refractivity contribution in [3.63, 3.8) is 0 Å². The number of ether oxygens (including phenoxy) is 1. The highest BCUT2D eigenvalue weighted by Gasteiger charge is 2.23. The van der Waals surface area contributed by atoms with Gasteiger partial charge in [0.05, 0.1) is 10.0 Å². The molecule has 0 spiro atoms. The first kappa shape index (κ1) is 24.1. The van der Waals surface area contributed by atoms with Crippen molar-refractivity contribution in [1.82, 2.24) is 14.7 Å². The molecule has 0 N–H and O–H groups in total. The zero-order chi connectivity index (χ0) is 22.2. The summed E-state index contributed by atoms with van der Waals surface area (Å²) < 4.78 is 5.43. The second-order valence-electron chi connectivity index (χ2n) is 8.14. The first-order chi connectivity index (χ1) is 14.9. The van der Waals surface area contributed by atoms with E-state index in [0.717, 1.165) is 51.1 Å². The van der Waals surface area contributed by atoms with Crippen molar-refractivity contribution in [1.29, 1.82) is 0 Å². The predicted molar refractivity (Wildman–Crippen MR) is 124 cm³/mol. The SMILES string of the molecule is CN(CCCN1CCN(C(=O)/C=C/c2ccc(Cl)c(Cl)c2)CCC1=O)C1CCOCC1. The molecule has 0 unspecified atom stereocenters. The maximum absolute atomic E-state index is 12.6. The summed E-state index contributed by atoms with van der Waals surface area (Å²) >= 11 is 12.0. The largest absolute Gasteiger partial charge is 0.381 e. The van der Waals surface area contributed by atoms with E-state index >= 15 is 0 Å². The smallest absolute Gasteiger partial charge is 0.246 e. The number of rotatable bonds is 7. The first-order valence-corrected chi connectivity index (χ1v) is 11.7. The normalized spacial score (nSPS) is 18.8. The molecule has 170 valence electrons. The van der Waals surface area contributed by atoms with Crippen LogP contribution in [0.4, 0.5) is 0 Å². The van der Waals surface area contributed by atoms with Crippen LogP contribution in [0.2, 0.25) is 10.0 Å². The molecule has 3 rings (SSSR count). The molecule has 1 aromatic rings. The summed E-state index contributed by atoms with van der Waals surface area (Å²) in [4.78, 5) is 31.1. The third kappa shape index (κ3) is 7.21. The average Bonchev–Trinajstić information content (AvgIpc) is 2.96. The van der Waals surface area contributed by atoms with Gasteiger partial charge in [0.15, 0.2) is 0 Å². The van der Waals surface area contributed by atoms with Gasteiger partial charge in [-0.05, 0) is 56.6 Å². The fourth-order valence-corrected chi connectivity index (χ4v) is 4.34. The Kier molecular flexibility index (Phi) is 9.20. The summed E-state index contributed by atoms with van der Waals surface area (Å²) in [6, 6.07) is 5.81. The van der Waals surface area contributed by atoms with Crippen LogP contribution in [0.5, 0.6) is 0 Å². The van der Waals surface area contributed by atoms with Gasteiger partial charge in [-0.25, -0.2) is 0 Å². The quantitative estimate of drug-likeness (QED) is 0.575. The van der Waals surface area contributed by atoms with E-state index in [0.29, 0.717) is 42.1 Å². The number of carbonyl (C=O) groups excluding carboxylic acids is 2. The zero-order valence-electron chi connectivity index (χ0n) is 18.1. The van der Waals surface area contributed by atoms with E-state index in [1.807, 2.05) is 11.0 Å². The van der Waals surface area contributed by atoms with Crippen molar-refractivity contribution in [2.24, 2.45) is 0 Å². The summed E-state index contributed by atoms with van der Waals surface area (Å²) in [5, 5.41) is 0.935. The highest BCUT2D eigenvalue weighted by Crippen LogP contribution is 2.23. The molecule has 6 nitrogen and oxygen atoms in total. The summed E-state index contributed by atoms with van der Waals surface area (Å²) in [5.74, 6) is 0.0254. The molecule has 0 aliphatic carbocycles. The summed E-state index contributed by atoms with van der Waals surface area (Å²) in [6.45, 7) is 4.93. The molecule has 2 aliphatic rings. The molecule has 0 radical (unpaired) electrons. The van der Waals surface area contributed by atoms with Gasteiger partial charge < -0.3 is 19.4 Å². The van der Waals surface area contributed by atoms with Crippen LogP contribution in [0, 0.1) is 0 Å². The van der Waals surface area contributed by atoms with Gasteiger partial charge in [0.1, 0.15) is 0 Å². The van der Waals surface area contributed by atoms with Crippen LogP contribution >= 0.6 is 23.2 Å². The monoisotopic (exact) mass is 467 g/mol. The summed E-state index contributed by atoms with van der Waals surface area (Å²) in [7, 11) is 2.15. The molecule has 2 saturated heterocycles. The number of hydrogen-bond acceptors (Lipinski definition) is 4. The summed E-state index contributed by atoms with van der Waals surface area (Å²) in [6.07, 6.45) is 6.70. The molecule has 8 heteroatoms. The fraction of sp³-hybridized carbons (Fsp3) is 0.565. The standard InChI is InChI=1S/C23H31Cl2N3O3/c1-26(19-8-15-31-16-9-19)10-2-11-27-13-14-28(12-7-23(27)30)22(29)6-4-18-3-5-20(24)21(25)17-18/h3-6,17,19H,2,7-16H2,1H3/b6-4+. The van der Waals surface area contributed by atoms with E-state index in [1.54, 1.807) is 23.1 Å². The number of nitrogens with zero attached hydrogens (tertiary/aromatic N) is 3. The molecule has 2 amide bonds. The highest BCUT2D eigenvalue weighted by molar-refractivity contribution is 6.42. The highest BCUT2D eigenvalue weighted by atomic mass is 35.5. The lowest BCUT2D eigenvalue weighted by Gasteiger charge is -2.31. The lowest BCUT2D eigenvalue weighted by molar-refractivity contribution is -0.130. The van der Waals surface area contributed by atoms with Crippen molar-refractivity contribution >= 4 is 41.1 Å². The van der Waals surface area contributed by atoms with E-state index in [-0.39, 0.29) is 11.8 Å². The Labute approximate surface area is 194 Å². The van der Waals surface area contributed by atoms with E-state index in [2.05, 4.69) is 11.9 Å². The zero-order valence-corrected chi connectivity index (χ0v) is 19.6. The second-order valence-corrected chi connectivity index (χ2v) is 8.96. The van der Waals surface area contributed by atoms with Gasteiger partial charge in [0, 0.05) is 57.9 Å². The van der Waals surface area contributed by atoms with Crippen LogP contribution in [0.25, 0.3) is 6.08 Å². The number of carbonyl (C=O) groups is 2. The Morgan fingerprint density at radius 3 is 2.71 bits per heavy atom. The molecule has 2 fully saturated rings. The molecule has 0 aromatic heterocycles. The molecular weight excluding hydrogens is 437 g/mol. The van der Waals surface area contributed by atoms with Crippen molar-refractivity contribution in [3.05, 3.63) is 39.9 Å². The van der Waals surface area contributed by atoms with Crippen molar-refractivity contribution in [3.8, 4) is 0 Å². The van der Waals surface area contributed by atoms with E-state index in [1.165, 1.54) is 6.08 Å². The molecule has 0 atom stereocenters. The minimum absolute atomic E-state index is 0.0972. The summed E-state index contributed by atoms with van der Waals surface area (Å²) in [5.41, 5.74) is 0.809. The van der Waals surface area contributed by atoms with Crippen LogP contribution in [0.1, 0.15) is 31.2 Å². The molecular formula is C23H31Cl2N3O3. The minimum atomic E-state index is -0.0972. The Morgan fingerprint density at radius 2 is 1.97 bits per heavy atom. The third-order valence-electron chi connectivity index (χ3n) is 6.01.